The quantitative estimate of drug-likeness (QED) is 0.902. The number of likely N-dealkylation sites (N-methyl/N-ethyl adjacent to an activating group) is 1. The summed E-state index contributed by atoms with van der Waals surface area (Å²) in [6, 6.07) is 4.86. The monoisotopic (exact) mass is 257 g/mol. The van der Waals surface area contributed by atoms with Crippen molar-refractivity contribution in [3.05, 3.63) is 34.2 Å². The van der Waals surface area contributed by atoms with E-state index >= 15 is 0 Å². The minimum Gasteiger partial charge on any atom is -0.313 e. The van der Waals surface area contributed by atoms with Gasteiger partial charge < -0.3 is 5.32 Å². The van der Waals surface area contributed by atoms with Crippen LogP contribution in [0.25, 0.3) is 5.57 Å². The lowest BCUT2D eigenvalue weighted by atomic mass is 10.1. The van der Waals surface area contributed by atoms with E-state index in [0.717, 1.165) is 12.1 Å². The van der Waals surface area contributed by atoms with Crippen molar-refractivity contribution in [2.75, 3.05) is 13.1 Å². The van der Waals surface area contributed by atoms with Gasteiger partial charge >= 0.3 is 0 Å². The van der Waals surface area contributed by atoms with Gasteiger partial charge in [-0.2, -0.15) is 0 Å². The van der Waals surface area contributed by atoms with Gasteiger partial charge in [0.1, 0.15) is 0 Å². The number of hydrogen-bond donors (Lipinski definition) is 1. The molecule has 1 N–H and O–H groups in total. The molecule has 3 nitrogen and oxygen atoms in total. The van der Waals surface area contributed by atoms with Gasteiger partial charge in [-0.15, -0.1) is 0 Å². The van der Waals surface area contributed by atoms with Crippen molar-refractivity contribution in [2.45, 2.75) is 11.8 Å². The lowest BCUT2D eigenvalue weighted by molar-refractivity contribution is 0.605. The molecule has 86 valence electrons. The summed E-state index contributed by atoms with van der Waals surface area (Å²) in [4.78, 5) is 0.352. The van der Waals surface area contributed by atoms with Crippen molar-refractivity contribution in [1.29, 1.82) is 0 Å². The molecular weight excluding hydrogens is 246 g/mol. The summed E-state index contributed by atoms with van der Waals surface area (Å²) in [6.07, 6.45) is 0. The Morgan fingerprint density at radius 1 is 1.38 bits per heavy atom. The average molecular weight is 258 g/mol. The first-order valence-corrected chi connectivity index (χ1v) is 6.93. The van der Waals surface area contributed by atoms with Gasteiger partial charge in [0.25, 0.3) is 0 Å². The molecule has 0 fully saturated rings. The lowest BCUT2D eigenvalue weighted by Crippen LogP contribution is -2.14. The largest absolute Gasteiger partial charge is 0.313 e. The van der Waals surface area contributed by atoms with Gasteiger partial charge in [-0.1, -0.05) is 18.5 Å². The van der Waals surface area contributed by atoms with Crippen LogP contribution < -0.4 is 5.32 Å². The maximum absolute atomic E-state index is 11.8. The van der Waals surface area contributed by atoms with Crippen LogP contribution in [0.1, 0.15) is 12.5 Å². The maximum atomic E-state index is 11.8. The van der Waals surface area contributed by atoms with E-state index in [4.69, 9.17) is 11.6 Å². The second-order valence-electron chi connectivity index (χ2n) is 3.61. The molecule has 1 aromatic rings. The SMILES string of the molecule is CCNCC1=CS(=O)(=O)c2ccc(Cl)cc21. The molecule has 0 aliphatic carbocycles. The molecule has 1 aliphatic rings. The molecule has 1 heterocycles. The van der Waals surface area contributed by atoms with E-state index in [1.54, 1.807) is 18.2 Å². The molecule has 0 saturated carbocycles. The van der Waals surface area contributed by atoms with E-state index in [1.165, 1.54) is 5.41 Å². The fraction of sp³-hybridized carbons (Fsp3) is 0.273. The van der Waals surface area contributed by atoms with Gasteiger partial charge in [0.15, 0.2) is 0 Å². The van der Waals surface area contributed by atoms with Crippen molar-refractivity contribution in [1.82, 2.24) is 5.32 Å². The Kier molecular flexibility index (Phi) is 3.06. The summed E-state index contributed by atoms with van der Waals surface area (Å²) >= 11 is 5.87. The van der Waals surface area contributed by atoms with Crippen LogP contribution in [0, 0.1) is 0 Å². The van der Waals surface area contributed by atoms with E-state index < -0.39 is 9.84 Å². The topological polar surface area (TPSA) is 46.2 Å². The minimum atomic E-state index is -3.26. The molecule has 0 saturated heterocycles. The van der Waals surface area contributed by atoms with E-state index in [0.29, 0.717) is 22.0 Å². The molecule has 0 aromatic heterocycles. The van der Waals surface area contributed by atoms with Gasteiger partial charge in [0.05, 0.1) is 4.90 Å². The predicted molar refractivity (Wildman–Crippen MR) is 65.2 cm³/mol. The molecule has 5 heteroatoms. The number of nitrogens with one attached hydrogen (secondary N) is 1. The fourth-order valence-electron chi connectivity index (χ4n) is 1.71. The third kappa shape index (κ3) is 2.00. The summed E-state index contributed by atoms with van der Waals surface area (Å²) < 4.78 is 23.6. The summed E-state index contributed by atoms with van der Waals surface area (Å²) in [6.45, 7) is 3.32. The highest BCUT2D eigenvalue weighted by molar-refractivity contribution is 7.95. The van der Waals surface area contributed by atoms with E-state index in [2.05, 4.69) is 5.32 Å². The molecule has 0 atom stereocenters. The number of hydrogen-bond acceptors (Lipinski definition) is 3. The van der Waals surface area contributed by atoms with Crippen LogP contribution in [0.4, 0.5) is 0 Å². The van der Waals surface area contributed by atoms with Crippen molar-refractivity contribution in [2.24, 2.45) is 0 Å². The first-order chi connectivity index (χ1) is 7.54. The molecule has 0 spiro atoms. The molecule has 1 aliphatic heterocycles. The van der Waals surface area contributed by atoms with E-state index in [1.807, 2.05) is 6.92 Å². The van der Waals surface area contributed by atoms with Crippen LogP contribution in [0.3, 0.4) is 0 Å². The number of benzene rings is 1. The highest BCUT2D eigenvalue weighted by Gasteiger charge is 2.26. The molecular formula is C11H12ClNO2S. The predicted octanol–water partition coefficient (Wildman–Crippen LogP) is 2.08. The number of sulfone groups is 1. The van der Waals surface area contributed by atoms with E-state index in [-0.39, 0.29) is 0 Å². The summed E-state index contributed by atoms with van der Waals surface area (Å²) in [5.74, 6) is 0. The van der Waals surface area contributed by atoms with Crippen LogP contribution in [-0.4, -0.2) is 21.5 Å². The van der Waals surface area contributed by atoms with Gasteiger partial charge in [0, 0.05) is 22.5 Å². The van der Waals surface area contributed by atoms with Crippen LogP contribution in [0.15, 0.2) is 28.5 Å². The fourth-order valence-corrected chi connectivity index (χ4v) is 3.35. The zero-order valence-electron chi connectivity index (χ0n) is 8.83. The molecule has 0 radical (unpaired) electrons. The molecule has 2 rings (SSSR count). The standard InChI is InChI=1S/C11H12ClNO2S/c1-2-13-6-8-7-16(14,15)11-4-3-9(12)5-10(8)11/h3-5,7,13H,2,6H2,1H3. The number of fused-ring (bicyclic) bond motifs is 1. The Labute approximate surface area is 100 Å². The third-order valence-electron chi connectivity index (χ3n) is 2.46. The van der Waals surface area contributed by atoms with Gasteiger partial charge in [0.2, 0.25) is 9.84 Å². The van der Waals surface area contributed by atoms with Crippen LogP contribution in [0.5, 0.6) is 0 Å². The van der Waals surface area contributed by atoms with Gasteiger partial charge in [-0.05, 0) is 30.3 Å². The van der Waals surface area contributed by atoms with Crippen LogP contribution >= 0.6 is 11.6 Å². The van der Waals surface area contributed by atoms with Crippen LogP contribution in [0.2, 0.25) is 5.02 Å². The second-order valence-corrected chi connectivity index (χ2v) is 5.81. The lowest BCUT2D eigenvalue weighted by Gasteiger charge is -2.05. The third-order valence-corrected chi connectivity index (χ3v) is 4.26. The average Bonchev–Trinajstić information content (AvgIpc) is 2.47. The Hall–Kier alpha value is -0.840. The summed E-state index contributed by atoms with van der Waals surface area (Å²) in [5.41, 5.74) is 1.49. The Morgan fingerprint density at radius 2 is 2.12 bits per heavy atom. The zero-order chi connectivity index (χ0) is 11.8. The van der Waals surface area contributed by atoms with Crippen molar-refractivity contribution in [3.63, 3.8) is 0 Å². The van der Waals surface area contributed by atoms with Crippen molar-refractivity contribution < 1.29 is 8.42 Å². The normalized spacial score (nSPS) is 17.0. The highest BCUT2D eigenvalue weighted by Crippen LogP contribution is 2.34. The minimum absolute atomic E-state index is 0.352. The van der Waals surface area contributed by atoms with Crippen molar-refractivity contribution >= 4 is 27.0 Å². The first-order valence-electron chi connectivity index (χ1n) is 5.01. The molecule has 0 bridgehead atoms. The zero-order valence-corrected chi connectivity index (χ0v) is 10.4. The Morgan fingerprint density at radius 3 is 2.81 bits per heavy atom. The molecule has 0 amide bonds. The first kappa shape index (κ1) is 11.6. The Balaban J connectivity index is 2.49. The highest BCUT2D eigenvalue weighted by atomic mass is 35.5. The molecule has 16 heavy (non-hydrogen) atoms. The summed E-state index contributed by atoms with van der Waals surface area (Å²) in [7, 11) is -3.26. The van der Waals surface area contributed by atoms with Crippen LogP contribution in [-0.2, 0) is 9.84 Å². The smallest absolute Gasteiger partial charge is 0.200 e. The molecule has 1 aromatic carbocycles. The number of rotatable bonds is 3. The van der Waals surface area contributed by atoms with E-state index in [9.17, 15) is 8.42 Å². The Bertz CT molecular complexity index is 549. The second kappa shape index (κ2) is 4.20. The molecule has 0 unspecified atom stereocenters. The number of halogens is 1. The van der Waals surface area contributed by atoms with Crippen molar-refractivity contribution in [3.8, 4) is 0 Å². The van der Waals surface area contributed by atoms with Gasteiger partial charge in [-0.3, -0.25) is 0 Å². The maximum Gasteiger partial charge on any atom is 0.200 e. The van der Waals surface area contributed by atoms with Gasteiger partial charge in [-0.25, -0.2) is 8.42 Å². The summed E-state index contributed by atoms with van der Waals surface area (Å²) in [5, 5.41) is 4.98.